The van der Waals surface area contributed by atoms with Gasteiger partial charge in [0.2, 0.25) is 0 Å². The Morgan fingerprint density at radius 3 is 2.53 bits per heavy atom. The van der Waals surface area contributed by atoms with Crippen LogP contribution in [0.5, 0.6) is 0 Å². The summed E-state index contributed by atoms with van der Waals surface area (Å²) in [6.07, 6.45) is 5.04. The van der Waals surface area contributed by atoms with Crippen LogP contribution in [0.15, 0.2) is 30.3 Å². The average molecular weight is 264 g/mol. The van der Waals surface area contributed by atoms with Crippen LogP contribution < -0.4 is 0 Å². The van der Waals surface area contributed by atoms with Crippen LogP contribution in [-0.4, -0.2) is 17.2 Å². The molecule has 1 N–H and O–H groups in total. The first-order chi connectivity index (χ1) is 9.24. The molecule has 0 fully saturated rings. The maximum absolute atomic E-state index is 11.6. The van der Waals surface area contributed by atoms with Crippen LogP contribution in [0.4, 0.5) is 0 Å². The number of carbonyl (C=O) groups excluding carboxylic acids is 1. The molecule has 0 aliphatic carbocycles. The quantitative estimate of drug-likeness (QED) is 0.549. The van der Waals surface area contributed by atoms with Crippen molar-refractivity contribution >= 4 is 5.97 Å². The third-order valence-corrected chi connectivity index (χ3v) is 3.08. The molecular formula is C16H24O3. The molecule has 0 amide bonds. The molecule has 106 valence electrons. The summed E-state index contributed by atoms with van der Waals surface area (Å²) in [4.78, 5) is 11.6. The van der Waals surface area contributed by atoms with Crippen molar-refractivity contribution in [1.29, 1.82) is 0 Å². The maximum atomic E-state index is 11.6. The van der Waals surface area contributed by atoms with E-state index in [2.05, 4.69) is 6.92 Å². The summed E-state index contributed by atoms with van der Waals surface area (Å²) in [5.41, 5.74) is 0.936. The predicted molar refractivity (Wildman–Crippen MR) is 75.6 cm³/mol. The zero-order chi connectivity index (χ0) is 13.9. The van der Waals surface area contributed by atoms with Gasteiger partial charge in [-0.1, -0.05) is 69.4 Å². The molecule has 1 aromatic rings. The number of unbranched alkanes of at least 4 members (excludes halogenated alkanes) is 4. The topological polar surface area (TPSA) is 46.5 Å². The van der Waals surface area contributed by atoms with Crippen molar-refractivity contribution in [2.45, 2.75) is 58.2 Å². The average Bonchev–Trinajstić information content (AvgIpc) is 2.45. The number of ether oxygens (including phenoxy) is 1. The van der Waals surface area contributed by atoms with E-state index >= 15 is 0 Å². The Bertz CT molecular complexity index is 348. The Balaban J connectivity index is 2.14. The van der Waals surface area contributed by atoms with Crippen LogP contribution in [0.1, 0.15) is 51.0 Å². The molecule has 0 radical (unpaired) electrons. The summed E-state index contributed by atoms with van der Waals surface area (Å²) in [5, 5.41) is 9.68. The van der Waals surface area contributed by atoms with Crippen LogP contribution >= 0.6 is 0 Å². The van der Waals surface area contributed by atoms with Gasteiger partial charge in [0.05, 0.1) is 0 Å². The molecule has 0 aliphatic rings. The molecule has 1 unspecified atom stereocenters. The summed E-state index contributed by atoms with van der Waals surface area (Å²) < 4.78 is 5.08. The lowest BCUT2D eigenvalue weighted by molar-refractivity contribution is -0.155. The Hall–Kier alpha value is -1.35. The fraction of sp³-hybridized carbons (Fsp3) is 0.562. The van der Waals surface area contributed by atoms with Crippen molar-refractivity contribution in [3.8, 4) is 0 Å². The van der Waals surface area contributed by atoms with Gasteiger partial charge < -0.3 is 9.84 Å². The van der Waals surface area contributed by atoms with Gasteiger partial charge in [-0.05, 0) is 12.0 Å². The van der Waals surface area contributed by atoms with Crippen LogP contribution in [0.3, 0.4) is 0 Å². The Labute approximate surface area is 115 Å². The van der Waals surface area contributed by atoms with E-state index in [1.165, 1.54) is 19.3 Å². The number of aliphatic hydroxyl groups is 1. The highest BCUT2D eigenvalue weighted by atomic mass is 16.5. The van der Waals surface area contributed by atoms with Crippen LogP contribution in [-0.2, 0) is 16.1 Å². The minimum atomic E-state index is -0.981. The van der Waals surface area contributed by atoms with Crippen molar-refractivity contribution in [2.24, 2.45) is 0 Å². The van der Waals surface area contributed by atoms with E-state index in [0.717, 1.165) is 18.4 Å². The first-order valence-electron chi connectivity index (χ1n) is 7.12. The molecule has 19 heavy (non-hydrogen) atoms. The highest BCUT2D eigenvalue weighted by Crippen LogP contribution is 2.09. The van der Waals surface area contributed by atoms with Gasteiger partial charge in [-0.15, -0.1) is 0 Å². The summed E-state index contributed by atoms with van der Waals surface area (Å²) >= 11 is 0. The van der Waals surface area contributed by atoms with Crippen molar-refractivity contribution in [3.05, 3.63) is 35.9 Å². The van der Waals surface area contributed by atoms with Crippen molar-refractivity contribution in [2.75, 3.05) is 0 Å². The summed E-state index contributed by atoms with van der Waals surface area (Å²) in [6, 6.07) is 9.49. The van der Waals surface area contributed by atoms with Gasteiger partial charge in [-0.25, -0.2) is 4.79 Å². The second-order valence-corrected chi connectivity index (χ2v) is 4.81. The van der Waals surface area contributed by atoms with E-state index in [4.69, 9.17) is 4.74 Å². The summed E-state index contributed by atoms with van der Waals surface area (Å²) in [5.74, 6) is -0.514. The Morgan fingerprint density at radius 1 is 1.16 bits per heavy atom. The SMILES string of the molecule is CCCCCCCC(O)C(=O)OCc1ccccc1. The Kier molecular flexibility index (Phi) is 7.91. The van der Waals surface area contributed by atoms with Gasteiger partial charge in [0, 0.05) is 0 Å². The molecule has 0 spiro atoms. The number of carbonyl (C=O) groups is 1. The van der Waals surface area contributed by atoms with Crippen molar-refractivity contribution in [3.63, 3.8) is 0 Å². The van der Waals surface area contributed by atoms with E-state index in [-0.39, 0.29) is 6.61 Å². The van der Waals surface area contributed by atoms with Crippen molar-refractivity contribution < 1.29 is 14.6 Å². The highest BCUT2D eigenvalue weighted by molar-refractivity contribution is 5.74. The fourth-order valence-corrected chi connectivity index (χ4v) is 1.88. The largest absolute Gasteiger partial charge is 0.459 e. The number of benzene rings is 1. The molecule has 0 bridgehead atoms. The molecule has 0 saturated carbocycles. The molecule has 3 heteroatoms. The first-order valence-corrected chi connectivity index (χ1v) is 7.12. The van der Waals surface area contributed by atoms with Crippen LogP contribution in [0.25, 0.3) is 0 Å². The van der Waals surface area contributed by atoms with Gasteiger partial charge in [-0.3, -0.25) is 0 Å². The van der Waals surface area contributed by atoms with Gasteiger partial charge in [0.25, 0.3) is 0 Å². The van der Waals surface area contributed by atoms with Gasteiger partial charge in [-0.2, -0.15) is 0 Å². The van der Waals surface area contributed by atoms with Gasteiger partial charge >= 0.3 is 5.97 Å². The van der Waals surface area contributed by atoms with Crippen LogP contribution in [0, 0.1) is 0 Å². The lowest BCUT2D eigenvalue weighted by atomic mass is 10.1. The number of hydrogen-bond acceptors (Lipinski definition) is 3. The second kappa shape index (κ2) is 9.56. The molecule has 1 atom stereocenters. The summed E-state index contributed by atoms with van der Waals surface area (Å²) in [7, 11) is 0. The monoisotopic (exact) mass is 264 g/mol. The molecule has 0 saturated heterocycles. The Morgan fingerprint density at radius 2 is 1.84 bits per heavy atom. The molecule has 0 aliphatic heterocycles. The lowest BCUT2D eigenvalue weighted by Gasteiger charge is -2.10. The maximum Gasteiger partial charge on any atom is 0.335 e. The minimum Gasteiger partial charge on any atom is -0.459 e. The molecular weight excluding hydrogens is 240 g/mol. The van der Waals surface area contributed by atoms with E-state index in [0.29, 0.717) is 6.42 Å². The number of esters is 1. The third-order valence-electron chi connectivity index (χ3n) is 3.08. The van der Waals surface area contributed by atoms with Crippen molar-refractivity contribution in [1.82, 2.24) is 0 Å². The minimum absolute atomic E-state index is 0.229. The van der Waals surface area contributed by atoms with E-state index in [9.17, 15) is 9.90 Å². The van der Waals surface area contributed by atoms with Gasteiger partial charge in [0.1, 0.15) is 6.61 Å². The normalized spacial score (nSPS) is 12.1. The number of rotatable bonds is 9. The smallest absolute Gasteiger partial charge is 0.335 e. The molecule has 1 aromatic carbocycles. The molecule has 1 rings (SSSR count). The number of aliphatic hydroxyl groups excluding tert-OH is 1. The zero-order valence-corrected chi connectivity index (χ0v) is 11.7. The standard InChI is InChI=1S/C16H24O3/c1-2-3-4-5-9-12-15(17)16(18)19-13-14-10-7-6-8-11-14/h6-8,10-11,15,17H,2-5,9,12-13H2,1H3. The number of hydrogen-bond donors (Lipinski definition) is 1. The molecule has 0 aromatic heterocycles. The van der Waals surface area contributed by atoms with Gasteiger partial charge in [0.15, 0.2) is 6.10 Å². The molecule has 3 nitrogen and oxygen atoms in total. The first kappa shape index (κ1) is 15.7. The van der Waals surface area contributed by atoms with Crippen LogP contribution in [0.2, 0.25) is 0 Å². The van der Waals surface area contributed by atoms with E-state index in [1.807, 2.05) is 30.3 Å². The fourth-order valence-electron chi connectivity index (χ4n) is 1.88. The second-order valence-electron chi connectivity index (χ2n) is 4.81. The molecule has 0 heterocycles. The lowest BCUT2D eigenvalue weighted by Crippen LogP contribution is -2.22. The summed E-state index contributed by atoms with van der Waals surface area (Å²) in [6.45, 7) is 2.39. The third kappa shape index (κ3) is 6.97. The zero-order valence-electron chi connectivity index (χ0n) is 11.7. The van der Waals surface area contributed by atoms with E-state index < -0.39 is 12.1 Å². The predicted octanol–water partition coefficient (Wildman–Crippen LogP) is 3.45. The highest BCUT2D eigenvalue weighted by Gasteiger charge is 2.15. The van der Waals surface area contributed by atoms with E-state index in [1.54, 1.807) is 0 Å².